The minimum absolute atomic E-state index is 0.171. The first-order valence-electron chi connectivity index (χ1n) is 10.3. The lowest BCUT2D eigenvalue weighted by atomic mass is 10.2. The van der Waals surface area contributed by atoms with Crippen molar-refractivity contribution in [3.8, 4) is 10.6 Å². The Labute approximate surface area is 185 Å². The minimum Gasteiger partial charge on any atom is -0.383 e. The normalized spacial score (nSPS) is 14.7. The molecular formula is C22H26N6O2S. The average molecular weight is 439 g/mol. The summed E-state index contributed by atoms with van der Waals surface area (Å²) in [6, 6.07) is 9.83. The number of amides is 1. The summed E-state index contributed by atoms with van der Waals surface area (Å²) >= 11 is 1.56. The summed E-state index contributed by atoms with van der Waals surface area (Å²) in [7, 11) is 1.69. The molecule has 8 nitrogen and oxygen atoms in total. The van der Waals surface area contributed by atoms with Crippen LogP contribution in [0.5, 0.6) is 0 Å². The zero-order chi connectivity index (χ0) is 21.8. The Kier molecular flexibility index (Phi) is 6.43. The number of aryl methyl sites for hydroxylation is 1. The molecule has 4 rings (SSSR count). The number of carbonyl (C=O) groups is 1. The van der Waals surface area contributed by atoms with Crippen LogP contribution in [0.1, 0.15) is 25.5 Å². The van der Waals surface area contributed by atoms with Crippen molar-refractivity contribution in [1.82, 2.24) is 15.0 Å². The van der Waals surface area contributed by atoms with Gasteiger partial charge in [-0.25, -0.2) is 15.0 Å². The maximum atomic E-state index is 11.9. The fourth-order valence-electron chi connectivity index (χ4n) is 3.52. The third-order valence-corrected chi connectivity index (χ3v) is 6.09. The maximum absolute atomic E-state index is 11.9. The van der Waals surface area contributed by atoms with Gasteiger partial charge in [-0.15, -0.1) is 0 Å². The number of thiazole rings is 1. The highest BCUT2D eigenvalue weighted by atomic mass is 32.1. The van der Waals surface area contributed by atoms with Gasteiger partial charge in [0, 0.05) is 43.7 Å². The lowest BCUT2D eigenvalue weighted by Gasteiger charge is -2.16. The number of rotatable bonds is 8. The number of hydrogen-bond donors (Lipinski definition) is 2. The van der Waals surface area contributed by atoms with Gasteiger partial charge in [0.05, 0.1) is 22.9 Å². The van der Waals surface area contributed by atoms with E-state index >= 15 is 0 Å². The summed E-state index contributed by atoms with van der Waals surface area (Å²) in [6.45, 7) is 5.43. The monoisotopic (exact) mass is 438 g/mol. The van der Waals surface area contributed by atoms with Crippen molar-refractivity contribution in [2.24, 2.45) is 0 Å². The minimum atomic E-state index is 0.171. The molecule has 0 bridgehead atoms. The molecule has 162 valence electrons. The highest BCUT2D eigenvalue weighted by Gasteiger charge is 2.21. The molecule has 1 saturated heterocycles. The van der Waals surface area contributed by atoms with E-state index in [0.717, 1.165) is 45.7 Å². The predicted octanol–water partition coefficient (Wildman–Crippen LogP) is 4.23. The van der Waals surface area contributed by atoms with Crippen molar-refractivity contribution in [3.05, 3.63) is 42.2 Å². The first-order valence-corrected chi connectivity index (χ1v) is 11.1. The second-order valence-corrected chi connectivity index (χ2v) is 8.52. The number of hydrogen-bond acceptors (Lipinski definition) is 8. The molecule has 1 unspecified atom stereocenters. The van der Waals surface area contributed by atoms with Crippen LogP contribution in [0.4, 0.5) is 22.5 Å². The Morgan fingerprint density at radius 3 is 2.74 bits per heavy atom. The summed E-state index contributed by atoms with van der Waals surface area (Å²) in [5.41, 5.74) is 3.52. The zero-order valence-electron chi connectivity index (χ0n) is 17.9. The number of methoxy groups -OCH3 is 1. The molecule has 31 heavy (non-hydrogen) atoms. The van der Waals surface area contributed by atoms with E-state index < -0.39 is 0 Å². The number of anilines is 4. The van der Waals surface area contributed by atoms with Gasteiger partial charge in [-0.2, -0.15) is 0 Å². The Balaban J connectivity index is 1.47. The molecule has 3 aromatic rings. The zero-order valence-corrected chi connectivity index (χ0v) is 18.7. The van der Waals surface area contributed by atoms with Crippen LogP contribution in [0, 0.1) is 6.92 Å². The Bertz CT molecular complexity index is 1050. The van der Waals surface area contributed by atoms with Crippen LogP contribution >= 0.6 is 11.3 Å². The summed E-state index contributed by atoms with van der Waals surface area (Å²) in [4.78, 5) is 28.4. The van der Waals surface area contributed by atoms with Crippen LogP contribution < -0.4 is 15.5 Å². The summed E-state index contributed by atoms with van der Waals surface area (Å²) < 4.78 is 5.18. The molecule has 1 fully saturated rings. The Morgan fingerprint density at radius 2 is 2.03 bits per heavy atom. The lowest BCUT2D eigenvalue weighted by molar-refractivity contribution is -0.117. The van der Waals surface area contributed by atoms with Gasteiger partial charge >= 0.3 is 0 Å². The summed E-state index contributed by atoms with van der Waals surface area (Å²) in [5.74, 6) is 0.694. The number of ether oxygens (including phenoxy) is 1. The van der Waals surface area contributed by atoms with E-state index in [1.54, 1.807) is 24.6 Å². The van der Waals surface area contributed by atoms with Crippen molar-refractivity contribution in [2.75, 3.05) is 35.8 Å². The molecule has 9 heteroatoms. The predicted molar refractivity (Wildman–Crippen MR) is 124 cm³/mol. The SMILES string of the molecule is COCC(C)Nc1nc(C)c(-c2ccnc(Nc3ccc(N4CCCC4=O)cc3)n2)s1. The van der Waals surface area contributed by atoms with Crippen LogP contribution in [0.2, 0.25) is 0 Å². The van der Waals surface area contributed by atoms with Crippen molar-refractivity contribution in [3.63, 3.8) is 0 Å². The molecule has 3 heterocycles. The second-order valence-electron chi connectivity index (χ2n) is 7.52. The fourth-order valence-corrected chi connectivity index (χ4v) is 4.57. The third kappa shape index (κ3) is 5.00. The molecule has 1 aliphatic rings. The van der Waals surface area contributed by atoms with Gasteiger partial charge in [-0.1, -0.05) is 11.3 Å². The van der Waals surface area contributed by atoms with Gasteiger partial charge in [0.15, 0.2) is 5.13 Å². The van der Waals surface area contributed by atoms with E-state index in [-0.39, 0.29) is 11.9 Å². The molecular weight excluding hydrogens is 412 g/mol. The van der Waals surface area contributed by atoms with Crippen LogP contribution in [0.25, 0.3) is 10.6 Å². The topological polar surface area (TPSA) is 92.3 Å². The molecule has 1 atom stereocenters. The maximum Gasteiger partial charge on any atom is 0.227 e. The number of nitrogens with one attached hydrogen (secondary N) is 2. The van der Waals surface area contributed by atoms with Gasteiger partial charge in [-0.3, -0.25) is 4.79 Å². The van der Waals surface area contributed by atoms with Crippen molar-refractivity contribution < 1.29 is 9.53 Å². The molecule has 1 aromatic carbocycles. The molecule has 1 aliphatic heterocycles. The van der Waals surface area contributed by atoms with Gasteiger partial charge in [0.25, 0.3) is 0 Å². The second kappa shape index (κ2) is 9.40. The Hall–Kier alpha value is -3.04. The van der Waals surface area contributed by atoms with Crippen molar-refractivity contribution in [2.45, 2.75) is 32.7 Å². The highest BCUT2D eigenvalue weighted by Crippen LogP contribution is 2.32. The highest BCUT2D eigenvalue weighted by molar-refractivity contribution is 7.19. The smallest absolute Gasteiger partial charge is 0.227 e. The van der Waals surface area contributed by atoms with Crippen LogP contribution in [-0.4, -0.2) is 47.2 Å². The van der Waals surface area contributed by atoms with Gasteiger partial charge < -0.3 is 20.3 Å². The summed E-state index contributed by atoms with van der Waals surface area (Å²) in [6.07, 6.45) is 3.28. The van der Waals surface area contributed by atoms with E-state index in [2.05, 4.69) is 32.5 Å². The van der Waals surface area contributed by atoms with E-state index in [9.17, 15) is 4.79 Å². The molecule has 1 amide bonds. The third-order valence-electron chi connectivity index (χ3n) is 4.98. The molecule has 0 spiro atoms. The first-order chi connectivity index (χ1) is 15.0. The molecule has 2 aromatic heterocycles. The number of carbonyl (C=O) groups excluding carboxylic acids is 1. The standard InChI is InChI=1S/C22H26N6O2S/c1-14(13-30-3)24-22-25-15(2)20(31-22)18-10-11-23-21(27-18)26-16-6-8-17(9-7-16)28-12-4-5-19(28)29/h6-11,14H,4-5,12-13H2,1-3H3,(H,24,25)(H,23,26,27). The van der Waals surface area contributed by atoms with E-state index in [1.165, 1.54) is 0 Å². The Morgan fingerprint density at radius 1 is 1.23 bits per heavy atom. The van der Waals surface area contributed by atoms with E-state index in [4.69, 9.17) is 4.74 Å². The fraction of sp³-hybridized carbons (Fsp3) is 0.364. The van der Waals surface area contributed by atoms with Gasteiger partial charge in [0.2, 0.25) is 11.9 Å². The molecule has 0 saturated carbocycles. The van der Waals surface area contributed by atoms with Crippen molar-refractivity contribution >= 4 is 39.7 Å². The van der Waals surface area contributed by atoms with Crippen LogP contribution in [-0.2, 0) is 9.53 Å². The van der Waals surface area contributed by atoms with E-state index in [1.807, 2.05) is 42.2 Å². The van der Waals surface area contributed by atoms with Crippen LogP contribution in [0.3, 0.4) is 0 Å². The molecule has 0 radical (unpaired) electrons. The summed E-state index contributed by atoms with van der Waals surface area (Å²) in [5, 5.41) is 7.44. The van der Waals surface area contributed by atoms with Gasteiger partial charge in [0.1, 0.15) is 0 Å². The van der Waals surface area contributed by atoms with Crippen molar-refractivity contribution in [1.29, 1.82) is 0 Å². The first kappa shape index (κ1) is 21.2. The lowest BCUT2D eigenvalue weighted by Crippen LogP contribution is -2.23. The quantitative estimate of drug-likeness (QED) is 0.544. The average Bonchev–Trinajstić information content (AvgIpc) is 3.34. The number of benzene rings is 1. The molecule has 0 aliphatic carbocycles. The van der Waals surface area contributed by atoms with E-state index in [0.29, 0.717) is 19.0 Å². The molecule has 2 N–H and O–H groups in total. The number of aromatic nitrogens is 3. The largest absolute Gasteiger partial charge is 0.383 e. The van der Waals surface area contributed by atoms with Gasteiger partial charge in [-0.05, 0) is 50.6 Å². The van der Waals surface area contributed by atoms with Crippen LogP contribution in [0.15, 0.2) is 36.5 Å². The number of nitrogens with zero attached hydrogens (tertiary/aromatic N) is 4.